The quantitative estimate of drug-likeness (QED) is 0.675. The summed E-state index contributed by atoms with van der Waals surface area (Å²) in [6.07, 6.45) is 4.65. The van der Waals surface area contributed by atoms with Crippen molar-refractivity contribution in [3.63, 3.8) is 0 Å². The van der Waals surface area contributed by atoms with Crippen molar-refractivity contribution in [2.45, 2.75) is 51.7 Å². The van der Waals surface area contributed by atoms with Crippen molar-refractivity contribution in [3.8, 4) is 0 Å². The van der Waals surface area contributed by atoms with E-state index in [2.05, 4.69) is 19.2 Å². The van der Waals surface area contributed by atoms with Crippen LogP contribution in [-0.4, -0.2) is 23.8 Å². The smallest absolute Gasteiger partial charge is 0.0580 e. The van der Waals surface area contributed by atoms with Gasteiger partial charge in [0.15, 0.2) is 0 Å². The molecule has 12 heavy (non-hydrogen) atoms. The van der Waals surface area contributed by atoms with Crippen LogP contribution in [0.5, 0.6) is 0 Å². The van der Waals surface area contributed by atoms with Crippen LogP contribution in [0.3, 0.4) is 0 Å². The van der Waals surface area contributed by atoms with Crippen molar-refractivity contribution in [2.24, 2.45) is 5.92 Å². The van der Waals surface area contributed by atoms with Crippen LogP contribution in [0.15, 0.2) is 0 Å². The maximum Gasteiger partial charge on any atom is 0.0580 e. The van der Waals surface area contributed by atoms with Crippen molar-refractivity contribution in [2.75, 3.05) is 6.54 Å². The van der Waals surface area contributed by atoms with Gasteiger partial charge < -0.3 is 10.4 Å². The second-order valence-corrected chi connectivity index (χ2v) is 4.17. The first-order chi connectivity index (χ1) is 5.70. The lowest BCUT2D eigenvalue weighted by Crippen LogP contribution is -2.36. The Bertz CT molecular complexity index is 125. The van der Waals surface area contributed by atoms with Crippen LogP contribution < -0.4 is 5.32 Å². The van der Waals surface area contributed by atoms with Crippen LogP contribution in [0.4, 0.5) is 0 Å². The second kappa shape index (κ2) is 4.83. The first-order valence-electron chi connectivity index (χ1n) is 5.11. The van der Waals surface area contributed by atoms with E-state index < -0.39 is 0 Å². The molecule has 1 saturated carbocycles. The fourth-order valence-electron chi connectivity index (χ4n) is 1.81. The molecule has 1 fully saturated rings. The first-order valence-corrected chi connectivity index (χ1v) is 5.11. The molecule has 0 aromatic rings. The predicted octanol–water partition coefficient (Wildman–Crippen LogP) is 1.54. The first kappa shape index (κ1) is 10.0. The van der Waals surface area contributed by atoms with Gasteiger partial charge in [0.05, 0.1) is 6.10 Å². The summed E-state index contributed by atoms with van der Waals surface area (Å²) < 4.78 is 0. The minimum atomic E-state index is -0.0509. The van der Waals surface area contributed by atoms with Crippen LogP contribution >= 0.6 is 0 Å². The van der Waals surface area contributed by atoms with Crippen LogP contribution in [0.1, 0.15) is 39.5 Å². The van der Waals surface area contributed by atoms with E-state index in [9.17, 15) is 5.11 Å². The lowest BCUT2D eigenvalue weighted by atomic mass is 9.86. The topological polar surface area (TPSA) is 32.3 Å². The van der Waals surface area contributed by atoms with Gasteiger partial charge in [-0.2, -0.15) is 0 Å². The van der Waals surface area contributed by atoms with E-state index in [4.69, 9.17) is 0 Å². The molecular weight excluding hydrogens is 150 g/mol. The number of hydrogen-bond acceptors (Lipinski definition) is 2. The Kier molecular flexibility index (Phi) is 4.02. The number of rotatable bonds is 3. The fraction of sp³-hybridized carbons (Fsp3) is 1.00. The summed E-state index contributed by atoms with van der Waals surface area (Å²) in [6, 6.07) is 0.541. The molecule has 2 nitrogen and oxygen atoms in total. The maximum absolute atomic E-state index is 9.64. The second-order valence-electron chi connectivity index (χ2n) is 4.17. The Balaban J connectivity index is 2.20. The molecule has 2 heteroatoms. The van der Waals surface area contributed by atoms with Gasteiger partial charge in [0.1, 0.15) is 0 Å². The molecule has 2 N–H and O–H groups in total. The lowest BCUT2D eigenvalue weighted by Gasteiger charge is -2.28. The van der Waals surface area contributed by atoms with Crippen LogP contribution in [-0.2, 0) is 0 Å². The van der Waals surface area contributed by atoms with E-state index in [1.165, 1.54) is 19.3 Å². The molecule has 72 valence electrons. The molecule has 1 aliphatic rings. The number of aliphatic hydroxyl groups excluding tert-OH is 1. The zero-order chi connectivity index (χ0) is 8.97. The minimum absolute atomic E-state index is 0.0509. The van der Waals surface area contributed by atoms with Crippen molar-refractivity contribution in [1.29, 1.82) is 0 Å². The van der Waals surface area contributed by atoms with Gasteiger partial charge in [0.25, 0.3) is 0 Å². The summed E-state index contributed by atoms with van der Waals surface area (Å²) in [6.45, 7) is 5.28. The van der Waals surface area contributed by atoms with Crippen molar-refractivity contribution in [1.82, 2.24) is 5.32 Å². The van der Waals surface area contributed by atoms with Crippen molar-refractivity contribution in [3.05, 3.63) is 0 Å². The highest BCUT2D eigenvalue weighted by atomic mass is 16.3. The average Bonchev–Trinajstić information content (AvgIpc) is 2.03. The molecule has 0 aromatic heterocycles. The third-order valence-electron chi connectivity index (χ3n) is 2.66. The van der Waals surface area contributed by atoms with Crippen LogP contribution in [0, 0.1) is 5.92 Å². The van der Waals surface area contributed by atoms with E-state index in [0.29, 0.717) is 12.0 Å². The standard InChI is InChI=1S/C10H21NO/c1-8(2)11-7-9-5-3-4-6-10(9)12/h8-12H,3-7H2,1-2H3/t9-,10+/m1/s1. The third kappa shape index (κ3) is 3.11. The molecule has 0 radical (unpaired) electrons. The zero-order valence-corrected chi connectivity index (χ0v) is 8.21. The molecule has 1 aliphatic carbocycles. The van der Waals surface area contributed by atoms with E-state index in [1.807, 2.05) is 0 Å². The molecule has 0 unspecified atom stereocenters. The Morgan fingerprint density at radius 1 is 1.33 bits per heavy atom. The molecule has 0 heterocycles. The highest BCUT2D eigenvalue weighted by Crippen LogP contribution is 2.23. The fourth-order valence-corrected chi connectivity index (χ4v) is 1.81. The summed E-state index contributed by atoms with van der Waals surface area (Å²) in [5, 5.41) is 13.0. The molecule has 0 spiro atoms. The van der Waals surface area contributed by atoms with Gasteiger partial charge >= 0.3 is 0 Å². The van der Waals surface area contributed by atoms with E-state index in [0.717, 1.165) is 13.0 Å². The van der Waals surface area contributed by atoms with Gasteiger partial charge in [0, 0.05) is 12.6 Å². The van der Waals surface area contributed by atoms with Gasteiger partial charge in [0.2, 0.25) is 0 Å². The Hall–Kier alpha value is -0.0800. The van der Waals surface area contributed by atoms with Gasteiger partial charge in [-0.05, 0) is 18.8 Å². The SMILES string of the molecule is CC(C)NC[C@H]1CCCC[C@@H]1O. The number of nitrogens with one attached hydrogen (secondary N) is 1. The largest absolute Gasteiger partial charge is 0.393 e. The molecule has 0 aliphatic heterocycles. The van der Waals surface area contributed by atoms with Gasteiger partial charge in [-0.3, -0.25) is 0 Å². The third-order valence-corrected chi connectivity index (χ3v) is 2.66. The number of aliphatic hydroxyl groups is 1. The molecule has 0 bridgehead atoms. The van der Waals surface area contributed by atoms with Crippen molar-refractivity contribution < 1.29 is 5.11 Å². The molecule has 2 atom stereocenters. The molecule has 1 rings (SSSR count). The lowest BCUT2D eigenvalue weighted by molar-refractivity contribution is 0.0687. The van der Waals surface area contributed by atoms with Gasteiger partial charge in [-0.25, -0.2) is 0 Å². The summed E-state index contributed by atoms with van der Waals surface area (Å²) in [5.74, 6) is 0.501. The molecule has 0 amide bonds. The van der Waals surface area contributed by atoms with E-state index >= 15 is 0 Å². The molecular formula is C10H21NO. The zero-order valence-electron chi connectivity index (χ0n) is 8.21. The summed E-state index contributed by atoms with van der Waals surface area (Å²) in [7, 11) is 0. The van der Waals surface area contributed by atoms with E-state index in [1.54, 1.807) is 0 Å². The summed E-state index contributed by atoms with van der Waals surface area (Å²) in [4.78, 5) is 0. The van der Waals surface area contributed by atoms with Crippen LogP contribution in [0.2, 0.25) is 0 Å². The summed E-state index contributed by atoms with van der Waals surface area (Å²) >= 11 is 0. The normalized spacial score (nSPS) is 31.0. The Morgan fingerprint density at radius 3 is 2.58 bits per heavy atom. The van der Waals surface area contributed by atoms with Gasteiger partial charge in [-0.15, -0.1) is 0 Å². The monoisotopic (exact) mass is 171 g/mol. The molecule has 0 saturated heterocycles. The summed E-state index contributed by atoms with van der Waals surface area (Å²) in [5.41, 5.74) is 0. The number of hydrogen-bond donors (Lipinski definition) is 2. The Labute approximate surface area is 75.4 Å². The average molecular weight is 171 g/mol. The van der Waals surface area contributed by atoms with Crippen LogP contribution in [0.25, 0.3) is 0 Å². The highest BCUT2D eigenvalue weighted by Gasteiger charge is 2.22. The van der Waals surface area contributed by atoms with Gasteiger partial charge in [-0.1, -0.05) is 26.7 Å². The predicted molar refractivity (Wildman–Crippen MR) is 51.1 cm³/mol. The maximum atomic E-state index is 9.64. The Morgan fingerprint density at radius 2 is 2.00 bits per heavy atom. The van der Waals surface area contributed by atoms with Crippen molar-refractivity contribution >= 4 is 0 Å². The molecule has 0 aromatic carbocycles. The van der Waals surface area contributed by atoms with E-state index in [-0.39, 0.29) is 6.10 Å². The minimum Gasteiger partial charge on any atom is -0.393 e. The highest BCUT2D eigenvalue weighted by molar-refractivity contribution is 4.76.